The van der Waals surface area contributed by atoms with Crippen molar-refractivity contribution in [1.82, 2.24) is 0 Å². The second-order valence-electron chi connectivity index (χ2n) is 4.64. The number of rotatable bonds is 1. The average molecular weight is 228 g/mol. The van der Waals surface area contributed by atoms with Crippen LogP contribution in [0.2, 0.25) is 0 Å². The summed E-state index contributed by atoms with van der Waals surface area (Å²) in [6.45, 7) is 0.651. The molecule has 1 heterocycles. The summed E-state index contributed by atoms with van der Waals surface area (Å²) in [6.07, 6.45) is 1.28. The van der Waals surface area contributed by atoms with Crippen molar-refractivity contribution in [3.8, 4) is 0 Å². The second kappa shape index (κ2) is 4.47. The smallest absolute Gasteiger partial charge is 0.0849 e. The van der Waals surface area contributed by atoms with E-state index in [0.717, 1.165) is 6.42 Å². The zero-order valence-electron chi connectivity index (χ0n) is 9.67. The first-order valence-electron chi connectivity index (χ1n) is 6.11. The number of benzene rings is 2. The zero-order valence-corrected chi connectivity index (χ0v) is 9.67. The lowest BCUT2D eigenvalue weighted by Crippen LogP contribution is -2.23. The van der Waals surface area contributed by atoms with Crippen LogP contribution in [0, 0.1) is 0 Å². The number of hydrogen-bond acceptors (Lipinski definition) is 2. The second-order valence-corrected chi connectivity index (χ2v) is 4.64. The SMILES string of the molecule is O[C@H]1CCO[C@@H](c2ccc3ccccc3c2)C1. The van der Waals surface area contributed by atoms with Crippen molar-refractivity contribution in [2.75, 3.05) is 6.61 Å². The van der Waals surface area contributed by atoms with Crippen LogP contribution in [0.25, 0.3) is 10.8 Å². The molecular formula is C15H16O2. The van der Waals surface area contributed by atoms with Gasteiger partial charge in [0.05, 0.1) is 12.2 Å². The topological polar surface area (TPSA) is 29.5 Å². The van der Waals surface area contributed by atoms with Crippen molar-refractivity contribution >= 4 is 10.8 Å². The summed E-state index contributed by atoms with van der Waals surface area (Å²) in [6, 6.07) is 14.7. The molecule has 17 heavy (non-hydrogen) atoms. The Kier molecular flexibility index (Phi) is 2.83. The quantitative estimate of drug-likeness (QED) is 0.813. The maximum absolute atomic E-state index is 9.67. The van der Waals surface area contributed by atoms with E-state index in [1.54, 1.807) is 0 Å². The third-order valence-corrected chi connectivity index (χ3v) is 3.40. The first kappa shape index (κ1) is 10.8. The van der Waals surface area contributed by atoms with E-state index < -0.39 is 0 Å². The van der Waals surface area contributed by atoms with Crippen LogP contribution in [0.15, 0.2) is 42.5 Å². The molecule has 0 bridgehead atoms. The first-order valence-corrected chi connectivity index (χ1v) is 6.11. The van der Waals surface area contributed by atoms with Crippen LogP contribution in [0.1, 0.15) is 24.5 Å². The van der Waals surface area contributed by atoms with E-state index in [9.17, 15) is 5.11 Å². The fourth-order valence-electron chi connectivity index (χ4n) is 2.42. The van der Waals surface area contributed by atoms with Gasteiger partial charge in [-0.3, -0.25) is 0 Å². The van der Waals surface area contributed by atoms with E-state index in [2.05, 4.69) is 30.3 Å². The molecule has 0 radical (unpaired) electrons. The summed E-state index contributed by atoms with van der Waals surface area (Å²) < 4.78 is 5.72. The molecule has 3 rings (SSSR count). The Hall–Kier alpha value is -1.38. The van der Waals surface area contributed by atoms with E-state index in [0.29, 0.717) is 13.0 Å². The molecule has 0 aliphatic carbocycles. The lowest BCUT2D eigenvalue weighted by atomic mass is 9.97. The molecule has 0 spiro atoms. The zero-order chi connectivity index (χ0) is 11.7. The minimum absolute atomic E-state index is 0.0448. The Morgan fingerprint density at radius 3 is 2.71 bits per heavy atom. The molecule has 1 N–H and O–H groups in total. The number of fused-ring (bicyclic) bond motifs is 1. The van der Waals surface area contributed by atoms with E-state index >= 15 is 0 Å². The van der Waals surface area contributed by atoms with Gasteiger partial charge in [-0.05, 0) is 28.8 Å². The fourth-order valence-corrected chi connectivity index (χ4v) is 2.42. The van der Waals surface area contributed by atoms with Gasteiger partial charge in [0.25, 0.3) is 0 Å². The molecule has 1 saturated heterocycles. The largest absolute Gasteiger partial charge is 0.393 e. The molecule has 2 aromatic rings. The van der Waals surface area contributed by atoms with Crippen molar-refractivity contribution in [2.24, 2.45) is 0 Å². The van der Waals surface area contributed by atoms with E-state index in [1.807, 2.05) is 12.1 Å². The maximum atomic E-state index is 9.67. The highest BCUT2D eigenvalue weighted by molar-refractivity contribution is 5.83. The monoisotopic (exact) mass is 228 g/mol. The van der Waals surface area contributed by atoms with Crippen LogP contribution in [0.3, 0.4) is 0 Å². The average Bonchev–Trinajstić information content (AvgIpc) is 2.38. The lowest BCUT2D eigenvalue weighted by molar-refractivity contribution is -0.0447. The molecule has 1 aliphatic heterocycles. The van der Waals surface area contributed by atoms with Gasteiger partial charge >= 0.3 is 0 Å². The standard InChI is InChI=1S/C15H16O2/c16-14-7-8-17-15(10-14)13-6-5-11-3-1-2-4-12(11)9-13/h1-6,9,14-16H,7-8,10H2/t14-,15+/m0/s1. The van der Waals surface area contributed by atoms with Crippen molar-refractivity contribution in [3.05, 3.63) is 48.0 Å². The van der Waals surface area contributed by atoms with Crippen molar-refractivity contribution in [1.29, 1.82) is 0 Å². The Bertz CT molecular complexity index is 521. The van der Waals surface area contributed by atoms with E-state index in [4.69, 9.17) is 4.74 Å². The van der Waals surface area contributed by atoms with Gasteiger partial charge in [-0.25, -0.2) is 0 Å². The van der Waals surface area contributed by atoms with Gasteiger partial charge in [0.2, 0.25) is 0 Å². The highest BCUT2D eigenvalue weighted by Gasteiger charge is 2.22. The third-order valence-electron chi connectivity index (χ3n) is 3.40. The van der Waals surface area contributed by atoms with Gasteiger partial charge in [-0.1, -0.05) is 36.4 Å². The summed E-state index contributed by atoms with van der Waals surface area (Å²) >= 11 is 0. The fraction of sp³-hybridized carbons (Fsp3) is 0.333. The van der Waals surface area contributed by atoms with Crippen LogP contribution in [0.5, 0.6) is 0 Å². The molecule has 88 valence electrons. The summed E-state index contributed by atoms with van der Waals surface area (Å²) in [5.74, 6) is 0. The van der Waals surface area contributed by atoms with E-state index in [1.165, 1.54) is 16.3 Å². The minimum atomic E-state index is -0.222. The van der Waals surface area contributed by atoms with Crippen LogP contribution >= 0.6 is 0 Å². The summed E-state index contributed by atoms with van der Waals surface area (Å²) in [5, 5.41) is 12.1. The highest BCUT2D eigenvalue weighted by Crippen LogP contribution is 2.30. The third kappa shape index (κ3) is 2.19. The normalized spacial score (nSPS) is 25.0. The predicted octanol–water partition coefficient (Wildman–Crippen LogP) is 3.05. The van der Waals surface area contributed by atoms with Gasteiger partial charge in [0.15, 0.2) is 0 Å². The molecule has 0 saturated carbocycles. The van der Waals surface area contributed by atoms with Crippen LogP contribution < -0.4 is 0 Å². The van der Waals surface area contributed by atoms with Crippen molar-refractivity contribution in [2.45, 2.75) is 25.0 Å². The number of hydrogen-bond donors (Lipinski definition) is 1. The number of aliphatic hydroxyl groups excluding tert-OH is 1. The van der Waals surface area contributed by atoms with Gasteiger partial charge in [-0.15, -0.1) is 0 Å². The van der Waals surface area contributed by atoms with Gasteiger partial charge in [0, 0.05) is 13.0 Å². The molecular weight excluding hydrogens is 212 g/mol. The van der Waals surface area contributed by atoms with Crippen LogP contribution in [-0.4, -0.2) is 17.8 Å². The van der Waals surface area contributed by atoms with Crippen molar-refractivity contribution in [3.63, 3.8) is 0 Å². The Balaban J connectivity index is 1.94. The number of aliphatic hydroxyl groups is 1. The van der Waals surface area contributed by atoms with Crippen LogP contribution in [-0.2, 0) is 4.74 Å². The van der Waals surface area contributed by atoms with Gasteiger partial charge in [-0.2, -0.15) is 0 Å². The molecule has 1 fully saturated rings. The Labute approximate surface area is 101 Å². The minimum Gasteiger partial charge on any atom is -0.393 e. The Morgan fingerprint density at radius 2 is 1.88 bits per heavy atom. The molecule has 2 atom stereocenters. The highest BCUT2D eigenvalue weighted by atomic mass is 16.5. The molecule has 0 aromatic heterocycles. The maximum Gasteiger partial charge on any atom is 0.0849 e. The Morgan fingerprint density at radius 1 is 1.06 bits per heavy atom. The predicted molar refractivity (Wildman–Crippen MR) is 67.9 cm³/mol. The lowest BCUT2D eigenvalue weighted by Gasteiger charge is -2.27. The molecule has 2 heteroatoms. The molecule has 0 amide bonds. The first-order chi connectivity index (χ1) is 8.33. The summed E-state index contributed by atoms with van der Waals surface area (Å²) in [7, 11) is 0. The summed E-state index contributed by atoms with van der Waals surface area (Å²) in [5.41, 5.74) is 1.17. The molecule has 2 nitrogen and oxygen atoms in total. The molecule has 1 aliphatic rings. The van der Waals surface area contributed by atoms with Gasteiger partial charge in [0.1, 0.15) is 0 Å². The van der Waals surface area contributed by atoms with E-state index in [-0.39, 0.29) is 12.2 Å². The molecule has 2 aromatic carbocycles. The number of ether oxygens (including phenoxy) is 1. The van der Waals surface area contributed by atoms with Crippen molar-refractivity contribution < 1.29 is 9.84 Å². The molecule has 0 unspecified atom stereocenters. The van der Waals surface area contributed by atoms with Gasteiger partial charge < -0.3 is 9.84 Å². The van der Waals surface area contributed by atoms with Crippen LogP contribution in [0.4, 0.5) is 0 Å². The summed E-state index contributed by atoms with van der Waals surface area (Å²) in [4.78, 5) is 0.